The Morgan fingerprint density at radius 1 is 1.44 bits per heavy atom. The van der Waals surface area contributed by atoms with Gasteiger partial charge in [-0.15, -0.1) is 12.4 Å². The molecule has 0 aromatic carbocycles. The molecular weight excluding hydrogens is 224 g/mol. The summed E-state index contributed by atoms with van der Waals surface area (Å²) in [4.78, 5) is 11.8. The minimum atomic E-state index is 0. The maximum Gasteiger partial charge on any atom is 0.237 e. The molecule has 1 amide bonds. The van der Waals surface area contributed by atoms with Crippen LogP contribution < -0.4 is 10.6 Å². The minimum absolute atomic E-state index is 0. The smallest absolute Gasteiger partial charge is 0.237 e. The van der Waals surface area contributed by atoms with Gasteiger partial charge in [0.25, 0.3) is 0 Å². The average Bonchev–Trinajstić information content (AvgIpc) is 2.84. The highest BCUT2D eigenvalue weighted by Gasteiger charge is 2.45. The predicted octanol–water partition coefficient (Wildman–Crippen LogP) is 1.71. The summed E-state index contributed by atoms with van der Waals surface area (Å²) in [6, 6.07) is 0.0700. The number of hydrogen-bond donors (Lipinski definition) is 2. The zero-order chi connectivity index (χ0) is 10.9. The van der Waals surface area contributed by atoms with Crippen LogP contribution in [0.25, 0.3) is 0 Å². The first-order valence-electron chi connectivity index (χ1n) is 6.11. The number of amides is 1. The molecule has 3 nitrogen and oxygen atoms in total. The van der Waals surface area contributed by atoms with E-state index in [4.69, 9.17) is 0 Å². The lowest BCUT2D eigenvalue weighted by molar-refractivity contribution is -0.123. The first-order valence-corrected chi connectivity index (χ1v) is 6.11. The van der Waals surface area contributed by atoms with Gasteiger partial charge in [0, 0.05) is 6.54 Å². The van der Waals surface area contributed by atoms with Gasteiger partial charge in [0.05, 0.1) is 6.04 Å². The molecule has 0 aromatic heterocycles. The van der Waals surface area contributed by atoms with Gasteiger partial charge in [0.1, 0.15) is 0 Å². The standard InChI is InChI=1S/C12H22N2O.ClH/c1-12(2)7-9(12)8-14-11(15)10-5-3-4-6-13-10;/h9-10,13H,3-8H2,1-2H3,(H,14,15);1H/t9?,10-;/m1./s1. The van der Waals surface area contributed by atoms with Crippen LogP contribution in [0.4, 0.5) is 0 Å². The number of halogens is 1. The Bertz CT molecular complexity index is 249. The highest BCUT2D eigenvalue weighted by atomic mass is 35.5. The molecule has 1 saturated heterocycles. The molecule has 2 fully saturated rings. The van der Waals surface area contributed by atoms with E-state index in [-0.39, 0.29) is 24.4 Å². The lowest BCUT2D eigenvalue weighted by Crippen LogP contribution is -2.47. The fraction of sp³-hybridized carbons (Fsp3) is 0.917. The molecule has 2 aliphatic rings. The average molecular weight is 247 g/mol. The monoisotopic (exact) mass is 246 g/mol. The van der Waals surface area contributed by atoms with Crippen molar-refractivity contribution in [2.75, 3.05) is 13.1 Å². The van der Waals surface area contributed by atoms with Crippen molar-refractivity contribution in [3.63, 3.8) is 0 Å². The molecule has 2 N–H and O–H groups in total. The van der Waals surface area contributed by atoms with Gasteiger partial charge >= 0.3 is 0 Å². The predicted molar refractivity (Wildman–Crippen MR) is 67.8 cm³/mol. The third kappa shape index (κ3) is 3.36. The van der Waals surface area contributed by atoms with Crippen molar-refractivity contribution in [3.8, 4) is 0 Å². The molecule has 4 heteroatoms. The van der Waals surface area contributed by atoms with Crippen LogP contribution >= 0.6 is 12.4 Å². The Morgan fingerprint density at radius 3 is 2.62 bits per heavy atom. The van der Waals surface area contributed by atoms with Crippen LogP contribution in [0.5, 0.6) is 0 Å². The molecule has 1 saturated carbocycles. The molecule has 0 bridgehead atoms. The topological polar surface area (TPSA) is 41.1 Å². The molecule has 1 heterocycles. The quantitative estimate of drug-likeness (QED) is 0.796. The largest absolute Gasteiger partial charge is 0.354 e. The molecule has 0 radical (unpaired) electrons. The SMILES string of the molecule is CC1(C)CC1CNC(=O)[C@H]1CCCCN1.Cl. The summed E-state index contributed by atoms with van der Waals surface area (Å²) >= 11 is 0. The normalized spacial score (nSPS) is 31.4. The number of carbonyl (C=O) groups excluding carboxylic acids is 1. The number of rotatable bonds is 3. The van der Waals surface area contributed by atoms with E-state index in [0.717, 1.165) is 19.5 Å². The highest BCUT2D eigenvalue weighted by molar-refractivity contribution is 5.85. The van der Waals surface area contributed by atoms with Crippen LogP contribution in [-0.4, -0.2) is 25.0 Å². The Labute approximate surface area is 104 Å². The first-order chi connectivity index (χ1) is 7.09. The van der Waals surface area contributed by atoms with Gasteiger partial charge in [0.15, 0.2) is 0 Å². The summed E-state index contributed by atoms with van der Waals surface area (Å²) < 4.78 is 0. The zero-order valence-corrected chi connectivity index (χ0v) is 11.0. The number of hydrogen-bond acceptors (Lipinski definition) is 2. The zero-order valence-electron chi connectivity index (χ0n) is 10.2. The Kier molecular flexibility index (Phi) is 4.62. The van der Waals surface area contributed by atoms with Crippen molar-refractivity contribution in [3.05, 3.63) is 0 Å². The molecule has 1 aliphatic heterocycles. The Hall–Kier alpha value is -0.280. The van der Waals surface area contributed by atoms with Crippen molar-refractivity contribution in [2.24, 2.45) is 11.3 Å². The van der Waals surface area contributed by atoms with Crippen LogP contribution in [-0.2, 0) is 4.79 Å². The second-order valence-corrected chi connectivity index (χ2v) is 5.64. The first kappa shape index (κ1) is 13.8. The van der Waals surface area contributed by atoms with E-state index in [2.05, 4.69) is 24.5 Å². The summed E-state index contributed by atoms with van der Waals surface area (Å²) in [5, 5.41) is 6.34. The van der Waals surface area contributed by atoms with Crippen molar-refractivity contribution in [2.45, 2.75) is 45.6 Å². The maximum absolute atomic E-state index is 11.8. The van der Waals surface area contributed by atoms with Crippen molar-refractivity contribution in [1.29, 1.82) is 0 Å². The van der Waals surface area contributed by atoms with E-state index < -0.39 is 0 Å². The lowest BCUT2D eigenvalue weighted by Gasteiger charge is -2.22. The fourth-order valence-corrected chi connectivity index (χ4v) is 2.35. The molecule has 94 valence electrons. The number of carbonyl (C=O) groups is 1. The Morgan fingerprint density at radius 2 is 2.12 bits per heavy atom. The molecule has 1 unspecified atom stereocenters. The highest BCUT2D eigenvalue weighted by Crippen LogP contribution is 2.50. The van der Waals surface area contributed by atoms with Gasteiger partial charge in [-0.25, -0.2) is 0 Å². The summed E-state index contributed by atoms with van der Waals surface area (Å²) in [5.74, 6) is 0.905. The van der Waals surface area contributed by atoms with Gasteiger partial charge in [-0.3, -0.25) is 4.79 Å². The summed E-state index contributed by atoms with van der Waals surface area (Å²) in [6.07, 6.45) is 4.64. The van der Waals surface area contributed by atoms with Gasteiger partial charge < -0.3 is 10.6 Å². The van der Waals surface area contributed by atoms with Crippen LogP contribution in [0.1, 0.15) is 39.5 Å². The minimum Gasteiger partial charge on any atom is -0.354 e. The van der Waals surface area contributed by atoms with E-state index in [1.54, 1.807) is 0 Å². The molecule has 16 heavy (non-hydrogen) atoms. The molecule has 1 aliphatic carbocycles. The second-order valence-electron chi connectivity index (χ2n) is 5.64. The van der Waals surface area contributed by atoms with Crippen molar-refractivity contribution < 1.29 is 4.79 Å². The second kappa shape index (κ2) is 5.37. The lowest BCUT2D eigenvalue weighted by atomic mass is 10.0. The maximum atomic E-state index is 11.8. The van der Waals surface area contributed by atoms with E-state index in [1.807, 2.05) is 0 Å². The molecule has 2 rings (SSSR count). The van der Waals surface area contributed by atoms with E-state index in [0.29, 0.717) is 11.3 Å². The van der Waals surface area contributed by atoms with Gasteiger partial charge in [-0.1, -0.05) is 20.3 Å². The summed E-state index contributed by atoms with van der Waals surface area (Å²) in [6.45, 7) is 6.39. The van der Waals surface area contributed by atoms with Crippen LogP contribution in [0, 0.1) is 11.3 Å². The molecular formula is C12H23ClN2O. The van der Waals surface area contributed by atoms with Gasteiger partial charge in [0.2, 0.25) is 5.91 Å². The molecule has 0 aromatic rings. The van der Waals surface area contributed by atoms with Crippen LogP contribution in [0.3, 0.4) is 0 Å². The molecule has 0 spiro atoms. The van der Waals surface area contributed by atoms with E-state index >= 15 is 0 Å². The number of piperidine rings is 1. The third-order valence-electron chi connectivity index (χ3n) is 3.87. The summed E-state index contributed by atoms with van der Waals surface area (Å²) in [7, 11) is 0. The Balaban J connectivity index is 0.00000128. The van der Waals surface area contributed by atoms with Crippen molar-refractivity contribution >= 4 is 18.3 Å². The third-order valence-corrected chi connectivity index (χ3v) is 3.87. The van der Waals surface area contributed by atoms with E-state index in [1.165, 1.54) is 19.3 Å². The van der Waals surface area contributed by atoms with Gasteiger partial charge in [-0.2, -0.15) is 0 Å². The van der Waals surface area contributed by atoms with Gasteiger partial charge in [-0.05, 0) is 37.1 Å². The molecule has 2 atom stereocenters. The van der Waals surface area contributed by atoms with Crippen LogP contribution in [0.2, 0.25) is 0 Å². The van der Waals surface area contributed by atoms with Crippen LogP contribution in [0.15, 0.2) is 0 Å². The van der Waals surface area contributed by atoms with Crippen molar-refractivity contribution in [1.82, 2.24) is 10.6 Å². The number of nitrogens with one attached hydrogen (secondary N) is 2. The van der Waals surface area contributed by atoms with E-state index in [9.17, 15) is 4.79 Å². The summed E-state index contributed by atoms with van der Waals surface area (Å²) in [5.41, 5.74) is 0.466. The fourth-order valence-electron chi connectivity index (χ4n) is 2.35.